The Morgan fingerprint density at radius 2 is 1.71 bits per heavy atom. The second-order valence-corrected chi connectivity index (χ2v) is 21.5. The fourth-order valence-electron chi connectivity index (χ4n) is 12.4. The van der Waals surface area contributed by atoms with Crippen LogP contribution in [0.2, 0.25) is 11.1 Å². The van der Waals surface area contributed by atoms with Crippen LogP contribution in [0.1, 0.15) is 125 Å². The number of rotatable bonds is 10. The van der Waals surface area contributed by atoms with Gasteiger partial charge >= 0.3 is 181 Å². The van der Waals surface area contributed by atoms with Crippen molar-refractivity contribution in [2.45, 2.75) is 143 Å². The number of esters is 3. The first-order valence-electron chi connectivity index (χ1n) is 20.7. The Bertz CT molecular complexity index is 1750. The summed E-state index contributed by atoms with van der Waals surface area (Å²) in [4.78, 5) is 54.0. The molecule has 1 aromatic carbocycles. The third kappa shape index (κ3) is 7.22. The van der Waals surface area contributed by atoms with Crippen molar-refractivity contribution in [1.82, 2.24) is 0 Å². The summed E-state index contributed by atoms with van der Waals surface area (Å²) in [6.07, 6.45) is 13.4. The molecule has 2 N–H and O–H groups in total. The molecule has 0 spiro atoms. The zero-order valence-corrected chi connectivity index (χ0v) is 36.5. The number of carbonyl (C=O) groups is 4. The Morgan fingerprint density at radius 3 is 2.42 bits per heavy atom. The van der Waals surface area contributed by atoms with Crippen LogP contribution in [-0.4, -0.2) is 57.4 Å². The van der Waals surface area contributed by atoms with E-state index in [0.717, 1.165) is 62.2 Å². The minimum absolute atomic E-state index is 0.00356. The summed E-state index contributed by atoms with van der Waals surface area (Å²) >= 11 is 0.468. The second-order valence-electron chi connectivity index (χ2n) is 19.5. The fourth-order valence-corrected chi connectivity index (χ4v) is 13.4. The van der Waals surface area contributed by atoms with E-state index in [1.165, 1.54) is 11.6 Å². The van der Waals surface area contributed by atoms with E-state index in [2.05, 4.69) is 47.4 Å². The molecule has 302 valence electrons. The van der Waals surface area contributed by atoms with E-state index in [1.807, 2.05) is 25.1 Å². The molecule has 4 fully saturated rings. The van der Waals surface area contributed by atoms with E-state index in [9.17, 15) is 19.2 Å². The molecule has 0 amide bonds. The normalized spacial score (nSPS) is 38.4. The molecule has 6 rings (SSSR count). The van der Waals surface area contributed by atoms with Crippen molar-refractivity contribution in [2.24, 2.45) is 56.0 Å². The van der Waals surface area contributed by atoms with Crippen LogP contribution in [0.3, 0.4) is 0 Å². The smallest absolute Gasteiger partial charge is 0.0301 e. The van der Waals surface area contributed by atoms with Crippen LogP contribution in [0.5, 0.6) is 5.75 Å². The Hall–Kier alpha value is -2.74. The number of ketones is 1. The molecule has 9 heteroatoms. The summed E-state index contributed by atoms with van der Waals surface area (Å²) in [5.74, 6) is 2.07. The predicted octanol–water partition coefficient (Wildman–Crippen LogP) is 8.95. The predicted molar refractivity (Wildman–Crippen MR) is 216 cm³/mol. The van der Waals surface area contributed by atoms with Crippen molar-refractivity contribution in [2.75, 3.05) is 6.61 Å². The standard InChI is InChI=1S/C46H65NO7Se/c1-10-52-37(49)15-14-29-12-11-13-30(26-29)53-40(51)43(5)22-21-42(4)23-24-45(7)31(32(42)28-43)27-34(48)38-44(6)19-17-36(54-39(50)33(47)18-25-55-9)41(2,3)35(44)16-20-46(38,45)8/h11-15,26-27,32-33,35-36,38H,10,16-25,28,47H2,1-9H3/b15-14+/t32-,33+,35+,36+,38-,42-,43+,44+,45-,46-/m1/s1. The molecule has 8 nitrogen and oxygen atoms in total. The molecule has 0 aromatic heterocycles. The number of hydrogen-bond donors (Lipinski definition) is 1. The van der Waals surface area contributed by atoms with Crippen molar-refractivity contribution < 1.29 is 33.4 Å². The van der Waals surface area contributed by atoms with Gasteiger partial charge in [-0.3, -0.25) is 4.79 Å². The fraction of sp³-hybridized carbons (Fsp3) is 0.696. The van der Waals surface area contributed by atoms with Gasteiger partial charge in [-0.1, -0.05) is 31.6 Å². The summed E-state index contributed by atoms with van der Waals surface area (Å²) in [6, 6.07) is 6.63. The Labute approximate surface area is 335 Å². The van der Waals surface area contributed by atoms with E-state index >= 15 is 0 Å². The molecule has 5 aliphatic rings. The number of hydrogen-bond acceptors (Lipinski definition) is 8. The maximum absolute atomic E-state index is 14.9. The van der Waals surface area contributed by atoms with Crippen LogP contribution >= 0.6 is 0 Å². The first kappa shape index (κ1) is 41.9. The third-order valence-electron chi connectivity index (χ3n) is 16.0. The van der Waals surface area contributed by atoms with Gasteiger partial charge in [0.15, 0.2) is 0 Å². The van der Waals surface area contributed by atoms with Crippen molar-refractivity contribution in [3.05, 3.63) is 47.6 Å². The zero-order valence-electron chi connectivity index (χ0n) is 34.8. The SMILES string of the molecule is CCOC(=O)/C=C/c1cccc(OC(=O)[C@@]2(C)CC[C@]3(C)CC[C@]4(C)C(=CC(=O)[C@@H]5[C@@]6(C)CC[C@H](OC(=O)[C@@H](N)CC[Se]C)C(C)(C)[C@@H]6CC[C@]54C)[C@H]3C2)c1. The minimum Gasteiger partial charge on any atom is -0.0301 e. The first-order chi connectivity index (χ1) is 25.8. The third-order valence-corrected chi connectivity index (χ3v) is 17.3. The number of ether oxygens (including phenoxy) is 3. The average molecular weight is 823 g/mol. The van der Waals surface area contributed by atoms with Gasteiger partial charge < -0.3 is 9.47 Å². The van der Waals surface area contributed by atoms with Gasteiger partial charge in [0.25, 0.3) is 0 Å². The number of allylic oxidation sites excluding steroid dienone is 2. The Kier molecular flexibility index (Phi) is 11.6. The van der Waals surface area contributed by atoms with Crippen molar-refractivity contribution >= 4 is 44.7 Å². The zero-order chi connectivity index (χ0) is 40.2. The number of fused-ring (bicyclic) bond motifs is 7. The average Bonchev–Trinajstić information content (AvgIpc) is 3.12. The molecule has 4 saturated carbocycles. The summed E-state index contributed by atoms with van der Waals surface area (Å²) < 4.78 is 17.3. The minimum atomic E-state index is -0.718. The number of nitrogens with two attached hydrogens (primary N) is 1. The quantitative estimate of drug-likeness (QED) is 0.108. The van der Waals surface area contributed by atoms with Crippen molar-refractivity contribution in [3.8, 4) is 5.75 Å². The van der Waals surface area contributed by atoms with Crippen LogP contribution in [0, 0.1) is 50.2 Å². The van der Waals surface area contributed by atoms with E-state index in [4.69, 9.17) is 19.9 Å². The molecule has 5 aliphatic carbocycles. The van der Waals surface area contributed by atoms with Gasteiger partial charge in [0.05, 0.1) is 12.0 Å². The molecule has 0 bridgehead atoms. The van der Waals surface area contributed by atoms with Crippen molar-refractivity contribution in [3.63, 3.8) is 0 Å². The maximum atomic E-state index is 14.9. The van der Waals surface area contributed by atoms with Crippen molar-refractivity contribution in [1.29, 1.82) is 0 Å². The molecule has 1 aromatic rings. The van der Waals surface area contributed by atoms with Gasteiger partial charge in [0, 0.05) is 6.08 Å². The van der Waals surface area contributed by atoms with Gasteiger partial charge in [-0.15, -0.1) is 0 Å². The Morgan fingerprint density at radius 1 is 0.982 bits per heavy atom. The molecule has 0 aliphatic heterocycles. The molecular formula is C46H65NO7Se. The molecule has 0 radical (unpaired) electrons. The number of benzene rings is 1. The van der Waals surface area contributed by atoms with Gasteiger partial charge in [0.1, 0.15) is 5.75 Å². The number of carbonyl (C=O) groups excluding carboxylic acids is 4. The van der Waals surface area contributed by atoms with Crippen LogP contribution in [0.4, 0.5) is 0 Å². The van der Waals surface area contributed by atoms with Crippen LogP contribution in [0.15, 0.2) is 42.0 Å². The monoisotopic (exact) mass is 823 g/mol. The summed E-state index contributed by atoms with van der Waals surface area (Å²) in [5, 5.41) is 0.964. The van der Waals surface area contributed by atoms with Crippen LogP contribution in [-0.2, 0) is 28.7 Å². The Balaban J connectivity index is 1.25. The van der Waals surface area contributed by atoms with Gasteiger partial charge in [-0.25, -0.2) is 4.79 Å². The molecule has 0 saturated heterocycles. The topological polar surface area (TPSA) is 122 Å². The van der Waals surface area contributed by atoms with Crippen LogP contribution < -0.4 is 10.5 Å². The van der Waals surface area contributed by atoms with Gasteiger partial charge in [-0.05, 0) is 81.1 Å². The molecule has 0 unspecified atom stereocenters. The van der Waals surface area contributed by atoms with E-state index in [1.54, 1.807) is 25.1 Å². The van der Waals surface area contributed by atoms with Gasteiger partial charge in [-0.2, -0.15) is 0 Å². The van der Waals surface area contributed by atoms with Gasteiger partial charge in [0.2, 0.25) is 0 Å². The summed E-state index contributed by atoms with van der Waals surface area (Å²) in [5.41, 5.74) is 6.58. The van der Waals surface area contributed by atoms with E-state index in [-0.39, 0.29) is 68.7 Å². The molecule has 55 heavy (non-hydrogen) atoms. The second kappa shape index (κ2) is 15.2. The van der Waals surface area contributed by atoms with E-state index in [0.29, 0.717) is 40.2 Å². The first-order valence-corrected chi connectivity index (χ1v) is 23.6. The molecule has 10 atom stereocenters. The summed E-state index contributed by atoms with van der Waals surface area (Å²) in [6.45, 7) is 18.2. The molecule has 0 heterocycles. The summed E-state index contributed by atoms with van der Waals surface area (Å²) in [7, 11) is 0. The van der Waals surface area contributed by atoms with E-state index < -0.39 is 17.4 Å². The molecular weight excluding hydrogens is 757 g/mol. The van der Waals surface area contributed by atoms with Crippen LogP contribution in [0.25, 0.3) is 6.08 Å².